The topological polar surface area (TPSA) is 64.3 Å². The van der Waals surface area contributed by atoms with Crippen LogP contribution in [-0.4, -0.2) is 31.2 Å². The van der Waals surface area contributed by atoms with Gasteiger partial charge < -0.3 is 15.8 Å². The third-order valence-corrected chi connectivity index (χ3v) is 4.06. The van der Waals surface area contributed by atoms with E-state index in [0.717, 1.165) is 32.1 Å². The Morgan fingerprint density at radius 2 is 1.94 bits per heavy atom. The van der Waals surface area contributed by atoms with Crippen LogP contribution in [0.4, 0.5) is 0 Å². The van der Waals surface area contributed by atoms with E-state index in [1.807, 2.05) is 0 Å². The summed E-state index contributed by atoms with van der Waals surface area (Å²) in [6.45, 7) is 1.28. The first-order valence-corrected chi connectivity index (χ1v) is 7.11. The van der Waals surface area contributed by atoms with Crippen LogP contribution in [0.5, 0.6) is 0 Å². The smallest absolute Gasteiger partial charge is 0.233 e. The summed E-state index contributed by atoms with van der Waals surface area (Å²) in [5.74, 6) is 0.00741. The number of methoxy groups -OCH3 is 1. The Morgan fingerprint density at radius 3 is 2.44 bits per heavy atom. The van der Waals surface area contributed by atoms with Gasteiger partial charge in [-0.2, -0.15) is 0 Å². The Hall–Kier alpha value is -0.680. The summed E-state index contributed by atoms with van der Waals surface area (Å²) in [6, 6.07) is 0. The summed E-state index contributed by atoms with van der Waals surface area (Å²) in [4.78, 5) is 12.7. The minimum Gasteiger partial charge on any atom is -0.392 e. The molecule has 1 amide bonds. The van der Waals surface area contributed by atoms with Crippen LogP contribution in [-0.2, 0) is 9.53 Å². The Kier molecular flexibility index (Phi) is 6.57. The van der Waals surface area contributed by atoms with Gasteiger partial charge in [0.05, 0.1) is 10.4 Å². The molecule has 18 heavy (non-hydrogen) atoms. The molecule has 0 radical (unpaired) electrons. The van der Waals surface area contributed by atoms with E-state index in [2.05, 4.69) is 5.32 Å². The van der Waals surface area contributed by atoms with Crippen molar-refractivity contribution in [2.24, 2.45) is 11.1 Å². The number of rotatable bonds is 6. The first-order chi connectivity index (χ1) is 8.63. The summed E-state index contributed by atoms with van der Waals surface area (Å²) in [5.41, 5.74) is 5.24. The molecule has 0 aromatic heterocycles. The molecule has 1 fully saturated rings. The maximum Gasteiger partial charge on any atom is 0.233 e. The van der Waals surface area contributed by atoms with Crippen LogP contribution in [0.15, 0.2) is 0 Å². The fourth-order valence-corrected chi connectivity index (χ4v) is 2.80. The van der Waals surface area contributed by atoms with Crippen molar-refractivity contribution < 1.29 is 9.53 Å². The van der Waals surface area contributed by atoms with Gasteiger partial charge in [-0.05, 0) is 19.3 Å². The zero-order chi connectivity index (χ0) is 13.4. The molecule has 0 saturated heterocycles. The van der Waals surface area contributed by atoms with Crippen molar-refractivity contribution in [3.8, 4) is 0 Å². The van der Waals surface area contributed by atoms with Gasteiger partial charge in [0.2, 0.25) is 5.91 Å². The number of carbonyl (C=O) groups excluding carboxylic acids is 1. The van der Waals surface area contributed by atoms with Crippen molar-refractivity contribution in [3.63, 3.8) is 0 Å². The van der Waals surface area contributed by atoms with E-state index in [1.54, 1.807) is 7.11 Å². The highest BCUT2D eigenvalue weighted by Crippen LogP contribution is 2.35. The second-order valence-electron chi connectivity index (χ2n) is 4.96. The minimum absolute atomic E-state index is 0.00741. The fraction of sp³-hybridized carbons (Fsp3) is 0.846. The van der Waals surface area contributed by atoms with Gasteiger partial charge in [-0.15, -0.1) is 0 Å². The number of thiocarbonyl (C=S) groups is 1. The molecule has 4 nitrogen and oxygen atoms in total. The molecule has 0 unspecified atom stereocenters. The number of amides is 1. The molecule has 0 atom stereocenters. The van der Waals surface area contributed by atoms with E-state index in [1.165, 1.54) is 12.8 Å². The summed E-state index contributed by atoms with van der Waals surface area (Å²) in [6.07, 6.45) is 6.79. The Labute approximate surface area is 115 Å². The minimum atomic E-state index is -0.612. The van der Waals surface area contributed by atoms with Gasteiger partial charge in [-0.1, -0.05) is 37.9 Å². The summed E-state index contributed by atoms with van der Waals surface area (Å²) < 4.78 is 4.96. The molecule has 1 aliphatic rings. The Bertz CT molecular complexity index is 287. The predicted molar refractivity (Wildman–Crippen MR) is 76.4 cm³/mol. The molecule has 1 saturated carbocycles. The average molecular weight is 272 g/mol. The largest absolute Gasteiger partial charge is 0.392 e. The molecule has 3 N–H and O–H groups in total. The number of nitrogens with one attached hydrogen (secondary N) is 1. The lowest BCUT2D eigenvalue weighted by Crippen LogP contribution is -2.49. The molecule has 0 aromatic carbocycles. The molecular weight excluding hydrogens is 248 g/mol. The molecule has 0 spiro atoms. The van der Waals surface area contributed by atoms with E-state index in [4.69, 9.17) is 22.7 Å². The SMILES string of the molecule is COCCCNC(=O)C1(C(N)=S)CCCCCC1. The zero-order valence-corrected chi connectivity index (χ0v) is 12.0. The highest BCUT2D eigenvalue weighted by atomic mass is 32.1. The average Bonchev–Trinajstić information content (AvgIpc) is 2.61. The Balaban J connectivity index is 2.59. The van der Waals surface area contributed by atoms with Crippen molar-refractivity contribution in [3.05, 3.63) is 0 Å². The molecule has 0 aliphatic heterocycles. The number of carbonyl (C=O) groups is 1. The van der Waals surface area contributed by atoms with E-state index in [-0.39, 0.29) is 5.91 Å². The van der Waals surface area contributed by atoms with Gasteiger partial charge >= 0.3 is 0 Å². The highest BCUT2D eigenvalue weighted by Gasteiger charge is 2.41. The van der Waals surface area contributed by atoms with Crippen molar-refractivity contribution >= 4 is 23.1 Å². The van der Waals surface area contributed by atoms with Gasteiger partial charge in [-0.25, -0.2) is 0 Å². The van der Waals surface area contributed by atoms with Crippen LogP contribution >= 0.6 is 12.2 Å². The fourth-order valence-electron chi connectivity index (χ4n) is 2.51. The molecule has 1 aliphatic carbocycles. The maximum atomic E-state index is 12.4. The highest BCUT2D eigenvalue weighted by molar-refractivity contribution is 7.80. The Morgan fingerprint density at radius 1 is 1.33 bits per heavy atom. The van der Waals surface area contributed by atoms with Crippen LogP contribution in [0.1, 0.15) is 44.9 Å². The van der Waals surface area contributed by atoms with E-state index >= 15 is 0 Å². The number of nitrogens with two attached hydrogens (primary N) is 1. The first-order valence-electron chi connectivity index (χ1n) is 6.70. The predicted octanol–water partition coefficient (Wildman–Crippen LogP) is 1.77. The monoisotopic (exact) mass is 272 g/mol. The number of hydrogen-bond acceptors (Lipinski definition) is 3. The molecule has 0 aromatic rings. The van der Waals surface area contributed by atoms with Crippen LogP contribution < -0.4 is 11.1 Å². The van der Waals surface area contributed by atoms with Crippen LogP contribution in [0.25, 0.3) is 0 Å². The van der Waals surface area contributed by atoms with Gasteiger partial charge in [0.25, 0.3) is 0 Å². The van der Waals surface area contributed by atoms with Gasteiger partial charge in [0.15, 0.2) is 0 Å². The van der Waals surface area contributed by atoms with Gasteiger partial charge in [0, 0.05) is 20.3 Å². The lowest BCUT2D eigenvalue weighted by molar-refractivity contribution is -0.128. The third-order valence-electron chi connectivity index (χ3n) is 3.67. The summed E-state index contributed by atoms with van der Waals surface area (Å²) in [5, 5.41) is 2.95. The van der Waals surface area contributed by atoms with Crippen LogP contribution in [0, 0.1) is 5.41 Å². The van der Waals surface area contributed by atoms with Crippen molar-refractivity contribution in [2.45, 2.75) is 44.9 Å². The second kappa shape index (κ2) is 7.69. The molecule has 0 heterocycles. The van der Waals surface area contributed by atoms with Crippen molar-refractivity contribution in [1.29, 1.82) is 0 Å². The molecule has 104 valence electrons. The molecule has 0 bridgehead atoms. The summed E-state index contributed by atoms with van der Waals surface area (Å²) in [7, 11) is 1.66. The second-order valence-corrected chi connectivity index (χ2v) is 5.40. The quantitative estimate of drug-likeness (QED) is 0.439. The maximum absolute atomic E-state index is 12.4. The number of ether oxygens (including phenoxy) is 1. The lowest BCUT2D eigenvalue weighted by Gasteiger charge is -2.30. The third kappa shape index (κ3) is 3.92. The van der Waals surface area contributed by atoms with Gasteiger partial charge in [-0.3, -0.25) is 4.79 Å². The van der Waals surface area contributed by atoms with Crippen molar-refractivity contribution in [1.82, 2.24) is 5.32 Å². The standard InChI is InChI=1S/C13H24N2O2S/c1-17-10-6-9-15-12(16)13(11(14)18)7-4-2-3-5-8-13/h2-10H2,1H3,(H2,14,18)(H,15,16). The van der Waals surface area contributed by atoms with E-state index < -0.39 is 5.41 Å². The van der Waals surface area contributed by atoms with E-state index in [0.29, 0.717) is 18.1 Å². The van der Waals surface area contributed by atoms with Crippen LogP contribution in [0.2, 0.25) is 0 Å². The zero-order valence-electron chi connectivity index (χ0n) is 11.2. The number of hydrogen-bond donors (Lipinski definition) is 2. The van der Waals surface area contributed by atoms with E-state index in [9.17, 15) is 4.79 Å². The lowest BCUT2D eigenvalue weighted by atomic mass is 9.79. The molecule has 5 heteroatoms. The van der Waals surface area contributed by atoms with Crippen LogP contribution in [0.3, 0.4) is 0 Å². The van der Waals surface area contributed by atoms with Gasteiger partial charge in [0.1, 0.15) is 0 Å². The normalized spacial score (nSPS) is 18.9. The molecular formula is C13H24N2O2S. The molecule has 1 rings (SSSR count). The summed E-state index contributed by atoms with van der Waals surface area (Å²) >= 11 is 5.16. The van der Waals surface area contributed by atoms with Crippen molar-refractivity contribution in [2.75, 3.05) is 20.3 Å². The first kappa shape index (κ1) is 15.4.